The van der Waals surface area contributed by atoms with Gasteiger partial charge in [-0.25, -0.2) is 4.98 Å². The van der Waals surface area contributed by atoms with Crippen molar-refractivity contribution in [1.82, 2.24) is 9.55 Å². The van der Waals surface area contributed by atoms with Crippen molar-refractivity contribution in [3.8, 4) is 5.69 Å². The lowest BCUT2D eigenvalue weighted by Gasteiger charge is -2.21. The van der Waals surface area contributed by atoms with E-state index >= 15 is 0 Å². The molecule has 8 heteroatoms. The lowest BCUT2D eigenvalue weighted by molar-refractivity contribution is -0.136. The minimum absolute atomic E-state index is 0.0182. The Labute approximate surface area is 199 Å². The number of anilines is 1. The second-order valence-corrected chi connectivity index (χ2v) is 8.92. The number of nitrogens with one attached hydrogen (secondary N) is 1. The van der Waals surface area contributed by atoms with Gasteiger partial charge in [-0.2, -0.15) is 13.2 Å². The molecule has 0 unspecified atom stereocenters. The first kappa shape index (κ1) is 23.9. The largest absolute Gasteiger partial charge is 0.417 e. The van der Waals surface area contributed by atoms with E-state index in [1.165, 1.54) is 17.8 Å². The van der Waals surface area contributed by atoms with Crippen LogP contribution in [0, 0.1) is 0 Å². The quantitative estimate of drug-likeness (QED) is 0.287. The van der Waals surface area contributed by atoms with Crippen LogP contribution in [0.25, 0.3) is 16.7 Å². The van der Waals surface area contributed by atoms with Gasteiger partial charge in [-0.1, -0.05) is 55.8 Å². The summed E-state index contributed by atoms with van der Waals surface area (Å²) in [6.45, 7) is 2.02. The van der Waals surface area contributed by atoms with Crippen molar-refractivity contribution in [2.24, 2.45) is 0 Å². The molecule has 0 spiro atoms. The van der Waals surface area contributed by atoms with Gasteiger partial charge in [-0.3, -0.25) is 9.36 Å². The summed E-state index contributed by atoms with van der Waals surface area (Å²) in [7, 11) is 0. The van der Waals surface area contributed by atoms with Crippen molar-refractivity contribution >= 4 is 28.6 Å². The van der Waals surface area contributed by atoms with Crippen LogP contribution in [0.1, 0.15) is 31.7 Å². The summed E-state index contributed by atoms with van der Waals surface area (Å²) in [6, 6.07) is 11.2. The molecule has 3 aromatic rings. The highest BCUT2D eigenvalue weighted by Gasteiger charge is 2.35. The number of benzene rings is 1. The van der Waals surface area contributed by atoms with E-state index in [1.54, 1.807) is 28.8 Å². The van der Waals surface area contributed by atoms with Crippen molar-refractivity contribution in [3.63, 3.8) is 0 Å². The Morgan fingerprint density at radius 3 is 2.65 bits per heavy atom. The number of nitrogens with zero attached hydrogens (tertiary/aromatic N) is 2. The average Bonchev–Trinajstić information content (AvgIpc) is 3.07. The van der Waals surface area contributed by atoms with Gasteiger partial charge in [0.2, 0.25) is 0 Å². The molecule has 0 atom stereocenters. The Morgan fingerprint density at radius 1 is 1.12 bits per heavy atom. The summed E-state index contributed by atoms with van der Waals surface area (Å²) in [6.07, 6.45) is 7.16. The molecule has 1 aliphatic rings. The van der Waals surface area contributed by atoms with Crippen molar-refractivity contribution < 1.29 is 13.2 Å². The zero-order valence-electron chi connectivity index (χ0n) is 18.6. The molecular weight excluding hydrogens is 459 g/mol. The van der Waals surface area contributed by atoms with Crippen LogP contribution in [0.15, 0.2) is 88.4 Å². The zero-order chi connectivity index (χ0) is 24.1. The van der Waals surface area contributed by atoms with Crippen molar-refractivity contribution in [2.45, 2.75) is 37.4 Å². The first-order valence-electron chi connectivity index (χ1n) is 11.0. The maximum absolute atomic E-state index is 14.1. The van der Waals surface area contributed by atoms with Crippen LogP contribution >= 0.6 is 11.8 Å². The zero-order valence-corrected chi connectivity index (χ0v) is 19.4. The molecular formula is C26H24F3N3OS. The maximum Gasteiger partial charge on any atom is 0.417 e. The number of hydrogen-bond acceptors (Lipinski definition) is 4. The van der Waals surface area contributed by atoms with Gasteiger partial charge in [0.05, 0.1) is 16.0 Å². The lowest BCUT2D eigenvalue weighted by atomic mass is 10.1. The van der Waals surface area contributed by atoms with Gasteiger partial charge < -0.3 is 5.32 Å². The first-order chi connectivity index (χ1) is 16.4. The highest BCUT2D eigenvalue weighted by atomic mass is 32.2. The summed E-state index contributed by atoms with van der Waals surface area (Å²) >= 11 is 1.27. The molecule has 0 radical (unpaired) electrons. The van der Waals surface area contributed by atoms with Gasteiger partial charge in [-0.05, 0) is 36.4 Å². The number of rotatable bonds is 7. The molecule has 1 aromatic carbocycles. The third-order valence-corrected chi connectivity index (χ3v) is 6.29. The number of para-hydroxylation sites is 1. The molecule has 176 valence electrons. The average molecular weight is 484 g/mol. The summed E-state index contributed by atoms with van der Waals surface area (Å²) in [4.78, 5) is 17.7. The van der Waals surface area contributed by atoms with E-state index in [2.05, 4.69) is 10.3 Å². The van der Waals surface area contributed by atoms with Crippen LogP contribution in [0.3, 0.4) is 0 Å². The normalized spacial score (nSPS) is 13.7. The topological polar surface area (TPSA) is 46.9 Å². The number of aromatic nitrogens is 2. The molecule has 2 aromatic heterocycles. The highest BCUT2D eigenvalue weighted by Crippen LogP contribution is 2.37. The number of halogens is 3. The fourth-order valence-electron chi connectivity index (χ4n) is 3.67. The summed E-state index contributed by atoms with van der Waals surface area (Å²) in [5.74, 6) is 1.00. The van der Waals surface area contributed by atoms with Crippen LogP contribution in [-0.4, -0.2) is 15.3 Å². The molecule has 0 bridgehead atoms. The third kappa shape index (κ3) is 5.28. The number of unbranched alkanes of at least 4 members (excludes halogenated alkanes) is 1. The monoisotopic (exact) mass is 483 g/mol. The molecule has 4 nitrogen and oxygen atoms in total. The first-order valence-corrected chi connectivity index (χ1v) is 12.0. The lowest BCUT2D eigenvalue weighted by Crippen LogP contribution is -2.19. The van der Waals surface area contributed by atoms with Gasteiger partial charge in [0, 0.05) is 23.9 Å². The summed E-state index contributed by atoms with van der Waals surface area (Å²) < 4.78 is 43.9. The van der Waals surface area contributed by atoms with Gasteiger partial charge in [-0.15, -0.1) is 11.8 Å². The Kier molecular flexibility index (Phi) is 7.26. The second kappa shape index (κ2) is 10.3. The van der Waals surface area contributed by atoms with E-state index in [-0.39, 0.29) is 10.7 Å². The van der Waals surface area contributed by atoms with Gasteiger partial charge in [0.15, 0.2) is 11.1 Å². The van der Waals surface area contributed by atoms with Crippen molar-refractivity contribution in [2.75, 3.05) is 11.1 Å². The molecule has 34 heavy (non-hydrogen) atoms. The third-order valence-electron chi connectivity index (χ3n) is 5.29. The number of fused-ring (bicyclic) bond motifs is 1. The van der Waals surface area contributed by atoms with Crippen LogP contribution < -0.4 is 10.7 Å². The van der Waals surface area contributed by atoms with E-state index in [9.17, 15) is 18.0 Å². The van der Waals surface area contributed by atoms with E-state index < -0.39 is 22.6 Å². The molecule has 0 saturated heterocycles. The van der Waals surface area contributed by atoms with Crippen molar-refractivity contribution in [1.29, 1.82) is 0 Å². The van der Waals surface area contributed by atoms with Crippen LogP contribution in [0.4, 0.5) is 19.0 Å². The van der Waals surface area contributed by atoms with Crippen LogP contribution in [0.2, 0.25) is 0 Å². The Hall–Kier alpha value is -3.26. The number of allylic oxidation sites excluding steroid dienone is 5. The van der Waals surface area contributed by atoms with E-state index in [0.29, 0.717) is 23.7 Å². The molecule has 4 rings (SSSR count). The predicted molar refractivity (Wildman–Crippen MR) is 133 cm³/mol. The van der Waals surface area contributed by atoms with Crippen LogP contribution in [0.5, 0.6) is 0 Å². The van der Waals surface area contributed by atoms with Gasteiger partial charge >= 0.3 is 6.18 Å². The fraction of sp³-hybridized carbons (Fsp3) is 0.231. The second-order valence-electron chi connectivity index (χ2n) is 7.81. The highest BCUT2D eigenvalue weighted by molar-refractivity contribution is 7.99. The number of pyridine rings is 2. The Balaban J connectivity index is 2.00. The van der Waals surface area contributed by atoms with Crippen LogP contribution in [-0.2, 0) is 6.18 Å². The maximum atomic E-state index is 14.1. The number of thioether (sulfide) groups is 1. The molecule has 0 amide bonds. The standard InChI is InChI=1S/C26H24F3N3OS/c1-2-3-15-34-23-16-20(26(27,28)29)24-21(33)17-22(30-18-11-7-4-5-8-12-18)32(25(24)31-23)19-13-9-6-10-14-19/h4-11,13-14,16-17,30H,2-3,12,15H2,1H3. The van der Waals surface area contributed by atoms with E-state index in [0.717, 1.165) is 24.6 Å². The smallest absolute Gasteiger partial charge is 0.344 e. The minimum atomic E-state index is -4.69. The molecule has 0 saturated carbocycles. The van der Waals surface area contributed by atoms with E-state index in [4.69, 9.17) is 0 Å². The summed E-state index contributed by atoms with van der Waals surface area (Å²) in [5.41, 5.74) is -0.299. The van der Waals surface area contributed by atoms with Gasteiger partial charge in [0.25, 0.3) is 0 Å². The van der Waals surface area contributed by atoms with Gasteiger partial charge in [0.1, 0.15) is 5.82 Å². The molecule has 2 heterocycles. The Morgan fingerprint density at radius 2 is 1.91 bits per heavy atom. The molecule has 0 aliphatic heterocycles. The number of hydrogen-bond donors (Lipinski definition) is 1. The summed E-state index contributed by atoms with van der Waals surface area (Å²) in [5, 5.41) is 3.06. The number of alkyl halides is 3. The minimum Gasteiger partial charge on any atom is -0.344 e. The Bertz CT molecular complexity index is 1330. The predicted octanol–water partition coefficient (Wildman–Crippen LogP) is 7.11. The fourth-order valence-corrected chi connectivity index (χ4v) is 4.67. The molecule has 1 N–H and O–H groups in total. The van der Waals surface area contributed by atoms with Crippen molar-refractivity contribution in [3.05, 3.63) is 94.3 Å². The van der Waals surface area contributed by atoms with E-state index in [1.807, 2.05) is 43.4 Å². The SMILES string of the molecule is CCCCSc1cc(C(F)(F)F)c2c(=O)cc(NC3=CC=CC=CC3)n(-c3ccccc3)c2n1. The molecule has 0 fully saturated rings. The molecule has 1 aliphatic carbocycles.